The highest BCUT2D eigenvalue weighted by atomic mass is 16.3. The fourth-order valence-corrected chi connectivity index (χ4v) is 6.22. The Labute approximate surface area is 127 Å². The molecular weight excluding hydrogens is 260 g/mol. The molecule has 0 aromatic heterocycles. The van der Waals surface area contributed by atoms with Gasteiger partial charge in [-0.3, -0.25) is 0 Å². The van der Waals surface area contributed by atoms with E-state index in [1.165, 1.54) is 19.3 Å². The average Bonchev–Trinajstić information content (AvgIpc) is 2.76. The molecule has 0 saturated heterocycles. The lowest BCUT2D eigenvalue weighted by atomic mass is 9.46. The second kappa shape index (κ2) is 4.45. The van der Waals surface area contributed by atoms with Crippen LogP contribution in [-0.4, -0.2) is 22.4 Å². The number of aliphatic hydroxyl groups excluding tert-OH is 2. The van der Waals surface area contributed by atoms with Gasteiger partial charge in [0, 0.05) is 5.41 Å². The molecule has 0 amide bonds. The van der Waals surface area contributed by atoms with Gasteiger partial charge < -0.3 is 10.2 Å². The molecule has 8 atom stereocenters. The van der Waals surface area contributed by atoms with Gasteiger partial charge in [0.1, 0.15) is 0 Å². The van der Waals surface area contributed by atoms with Gasteiger partial charge >= 0.3 is 0 Å². The van der Waals surface area contributed by atoms with Crippen molar-refractivity contribution in [3.8, 4) is 0 Å². The first-order valence-corrected chi connectivity index (χ1v) is 8.69. The molecule has 2 saturated carbocycles. The van der Waals surface area contributed by atoms with Crippen molar-refractivity contribution >= 4 is 0 Å². The van der Waals surface area contributed by atoms with E-state index >= 15 is 0 Å². The zero-order chi connectivity index (χ0) is 14.8. The molecule has 4 aliphatic carbocycles. The average molecular weight is 288 g/mol. The maximum absolute atomic E-state index is 10.4. The Balaban J connectivity index is 1.68. The summed E-state index contributed by atoms with van der Waals surface area (Å²) in [7, 11) is 0. The Morgan fingerprint density at radius 3 is 2.62 bits per heavy atom. The van der Waals surface area contributed by atoms with E-state index in [1.807, 2.05) is 12.2 Å². The molecule has 0 spiro atoms. The summed E-state index contributed by atoms with van der Waals surface area (Å²) in [5.74, 6) is 2.61. The van der Waals surface area contributed by atoms with Crippen molar-refractivity contribution in [2.24, 2.45) is 34.5 Å². The normalized spacial score (nSPS) is 58.5. The van der Waals surface area contributed by atoms with E-state index in [2.05, 4.69) is 26.0 Å². The highest BCUT2D eigenvalue weighted by Crippen LogP contribution is 2.63. The smallest absolute Gasteiger partial charge is 0.0780 e. The van der Waals surface area contributed by atoms with Crippen LogP contribution in [0, 0.1) is 34.5 Å². The van der Waals surface area contributed by atoms with E-state index in [0.717, 1.165) is 12.8 Å². The maximum Gasteiger partial charge on any atom is 0.0780 e. The monoisotopic (exact) mass is 288 g/mol. The Morgan fingerprint density at radius 1 is 1.00 bits per heavy atom. The fraction of sp³-hybridized carbons (Fsp3) is 0.789. The minimum absolute atomic E-state index is 0.0717. The van der Waals surface area contributed by atoms with Crippen LogP contribution in [0.3, 0.4) is 0 Å². The molecule has 0 aromatic carbocycles. The second-order valence-corrected chi connectivity index (χ2v) is 8.47. The van der Waals surface area contributed by atoms with Crippen molar-refractivity contribution in [1.29, 1.82) is 0 Å². The largest absolute Gasteiger partial charge is 0.389 e. The molecule has 4 aliphatic rings. The van der Waals surface area contributed by atoms with Crippen molar-refractivity contribution < 1.29 is 10.2 Å². The molecule has 3 unspecified atom stereocenters. The zero-order valence-electron chi connectivity index (χ0n) is 13.2. The van der Waals surface area contributed by atoms with E-state index in [9.17, 15) is 10.2 Å². The van der Waals surface area contributed by atoms with E-state index in [1.54, 1.807) is 0 Å². The van der Waals surface area contributed by atoms with Crippen LogP contribution in [0.1, 0.15) is 46.0 Å². The fourth-order valence-electron chi connectivity index (χ4n) is 6.22. The third kappa shape index (κ3) is 1.78. The standard InChI is InChI=1S/C19H28O2/c1-18-9-7-13(20)11-12(18)3-4-14-15-5-6-17(21)19(15,2)10-8-16(14)18/h5-7,9,12-17,20-21H,3-4,8,10-11H2,1-2H3/t12?,13?,14-,15-,16+,17?,18-,19-/m0/s1. The molecule has 4 rings (SSSR count). The first kappa shape index (κ1) is 14.0. The van der Waals surface area contributed by atoms with E-state index in [0.29, 0.717) is 23.7 Å². The van der Waals surface area contributed by atoms with Crippen molar-refractivity contribution in [1.82, 2.24) is 0 Å². The number of hydrogen-bond acceptors (Lipinski definition) is 2. The quantitative estimate of drug-likeness (QED) is 0.671. The summed E-state index contributed by atoms with van der Waals surface area (Å²) in [5, 5.41) is 20.3. The highest BCUT2D eigenvalue weighted by molar-refractivity contribution is 5.22. The summed E-state index contributed by atoms with van der Waals surface area (Å²) in [5.41, 5.74) is 0.327. The molecule has 0 heterocycles. The first-order chi connectivity index (χ1) is 9.95. The topological polar surface area (TPSA) is 40.5 Å². The second-order valence-electron chi connectivity index (χ2n) is 8.47. The van der Waals surface area contributed by atoms with Gasteiger partial charge in [0.25, 0.3) is 0 Å². The lowest BCUT2D eigenvalue weighted by Crippen LogP contribution is -2.53. The van der Waals surface area contributed by atoms with Crippen molar-refractivity contribution in [3.63, 3.8) is 0 Å². The first-order valence-electron chi connectivity index (χ1n) is 8.69. The predicted octanol–water partition coefficient (Wildman–Crippen LogP) is 3.30. The van der Waals surface area contributed by atoms with Crippen LogP contribution in [0.2, 0.25) is 0 Å². The lowest BCUT2D eigenvalue weighted by molar-refractivity contribution is -0.0920. The molecule has 0 bridgehead atoms. The molecular formula is C19H28O2. The van der Waals surface area contributed by atoms with Gasteiger partial charge in [0.2, 0.25) is 0 Å². The molecule has 0 radical (unpaired) electrons. The summed E-state index contributed by atoms with van der Waals surface area (Å²) in [6.07, 6.45) is 14.0. The van der Waals surface area contributed by atoms with Crippen LogP contribution < -0.4 is 0 Å². The van der Waals surface area contributed by atoms with Crippen LogP contribution in [-0.2, 0) is 0 Å². The third-order valence-corrected chi connectivity index (χ3v) is 7.64. The maximum atomic E-state index is 10.4. The summed E-state index contributed by atoms with van der Waals surface area (Å²) in [6.45, 7) is 4.71. The molecule has 21 heavy (non-hydrogen) atoms. The molecule has 2 nitrogen and oxygen atoms in total. The third-order valence-electron chi connectivity index (χ3n) is 7.64. The SMILES string of the molecule is C[C@]12C=CC(O)CC1CC[C@@H]1[C@H]2CC[C@]2(C)C(O)C=C[C@@H]12. The van der Waals surface area contributed by atoms with Gasteiger partial charge in [0.15, 0.2) is 0 Å². The van der Waals surface area contributed by atoms with Gasteiger partial charge in [-0.2, -0.15) is 0 Å². The molecule has 116 valence electrons. The molecule has 2 heteroatoms. The molecule has 2 fully saturated rings. The summed E-state index contributed by atoms with van der Waals surface area (Å²) < 4.78 is 0. The number of aliphatic hydroxyl groups is 2. The summed E-state index contributed by atoms with van der Waals surface area (Å²) in [6, 6.07) is 0. The zero-order valence-corrected chi connectivity index (χ0v) is 13.2. The van der Waals surface area contributed by atoms with Crippen LogP contribution in [0.4, 0.5) is 0 Å². The van der Waals surface area contributed by atoms with Gasteiger partial charge in [-0.05, 0) is 61.2 Å². The van der Waals surface area contributed by atoms with Crippen LogP contribution >= 0.6 is 0 Å². The Morgan fingerprint density at radius 2 is 1.81 bits per heavy atom. The predicted molar refractivity (Wildman–Crippen MR) is 83.6 cm³/mol. The number of hydrogen-bond donors (Lipinski definition) is 2. The van der Waals surface area contributed by atoms with Crippen LogP contribution in [0.25, 0.3) is 0 Å². The van der Waals surface area contributed by atoms with Crippen LogP contribution in [0.5, 0.6) is 0 Å². The number of rotatable bonds is 0. The van der Waals surface area contributed by atoms with Crippen molar-refractivity contribution in [3.05, 3.63) is 24.3 Å². The minimum atomic E-state index is -0.252. The van der Waals surface area contributed by atoms with E-state index in [-0.39, 0.29) is 23.0 Å². The Bertz CT molecular complexity index is 496. The van der Waals surface area contributed by atoms with Gasteiger partial charge in [-0.1, -0.05) is 38.2 Å². The molecule has 0 aromatic rings. The van der Waals surface area contributed by atoms with Gasteiger partial charge in [-0.15, -0.1) is 0 Å². The van der Waals surface area contributed by atoms with E-state index < -0.39 is 0 Å². The summed E-state index contributed by atoms with van der Waals surface area (Å²) in [4.78, 5) is 0. The number of fused-ring (bicyclic) bond motifs is 5. The van der Waals surface area contributed by atoms with Gasteiger partial charge in [-0.25, -0.2) is 0 Å². The molecule has 2 N–H and O–H groups in total. The summed E-state index contributed by atoms with van der Waals surface area (Å²) >= 11 is 0. The van der Waals surface area contributed by atoms with Crippen LogP contribution in [0.15, 0.2) is 24.3 Å². The van der Waals surface area contributed by atoms with E-state index in [4.69, 9.17) is 0 Å². The van der Waals surface area contributed by atoms with Crippen molar-refractivity contribution in [2.45, 2.75) is 58.2 Å². The van der Waals surface area contributed by atoms with Gasteiger partial charge in [0.05, 0.1) is 12.2 Å². The van der Waals surface area contributed by atoms with Crippen molar-refractivity contribution in [2.75, 3.05) is 0 Å². The lowest BCUT2D eigenvalue weighted by Gasteiger charge is -2.58. The highest BCUT2D eigenvalue weighted by Gasteiger charge is 2.57. The Kier molecular flexibility index (Phi) is 2.97. The molecule has 0 aliphatic heterocycles. The Hall–Kier alpha value is -0.600. The number of allylic oxidation sites excluding steroid dienone is 2. The minimum Gasteiger partial charge on any atom is -0.389 e.